The third-order valence-corrected chi connectivity index (χ3v) is 5.19. The number of carbonyl (C=O) groups excluding carboxylic acids is 1. The van der Waals surface area contributed by atoms with Gasteiger partial charge in [-0.3, -0.25) is 9.69 Å². The van der Waals surface area contributed by atoms with Crippen LogP contribution in [0.2, 0.25) is 0 Å². The molecule has 1 saturated heterocycles. The standard InChI is InChI=1S/C19H21F3N6O3/c1-25-16(29)15-14(11-24-25)28(31-17(30)19(20,21)22)18(26-9-7-23-8-10-26)27(15)12-13-5-3-2-4-6-13/h2-6,11,18,23H,7-10,12H2,1H3. The van der Waals surface area contributed by atoms with E-state index in [1.54, 1.807) is 4.90 Å². The number of nitrogens with zero attached hydrogens (tertiary/aromatic N) is 5. The van der Waals surface area contributed by atoms with Crippen LogP contribution in [0, 0.1) is 0 Å². The summed E-state index contributed by atoms with van der Waals surface area (Å²) in [4.78, 5) is 33.0. The van der Waals surface area contributed by atoms with E-state index in [0.29, 0.717) is 26.2 Å². The van der Waals surface area contributed by atoms with Crippen LogP contribution in [0.15, 0.2) is 41.3 Å². The van der Waals surface area contributed by atoms with Gasteiger partial charge in [-0.05, 0) is 5.56 Å². The molecule has 1 unspecified atom stereocenters. The number of aryl methyl sites for hydroxylation is 1. The molecule has 31 heavy (non-hydrogen) atoms. The second kappa shape index (κ2) is 8.19. The molecule has 0 radical (unpaired) electrons. The quantitative estimate of drug-likeness (QED) is 0.752. The Morgan fingerprint density at radius 1 is 1.23 bits per heavy atom. The van der Waals surface area contributed by atoms with Crippen molar-refractivity contribution in [3.63, 3.8) is 0 Å². The van der Waals surface area contributed by atoms with E-state index < -0.39 is 24.0 Å². The number of piperazine rings is 1. The molecular weight excluding hydrogens is 417 g/mol. The molecule has 1 fully saturated rings. The highest BCUT2D eigenvalue weighted by molar-refractivity contribution is 5.80. The summed E-state index contributed by atoms with van der Waals surface area (Å²) in [6, 6.07) is 9.21. The van der Waals surface area contributed by atoms with E-state index in [-0.39, 0.29) is 17.9 Å². The lowest BCUT2D eigenvalue weighted by Gasteiger charge is -2.41. The number of benzene rings is 1. The number of anilines is 2. The van der Waals surface area contributed by atoms with Crippen molar-refractivity contribution < 1.29 is 22.8 Å². The Hall–Kier alpha value is -3.12. The number of aromatic nitrogens is 2. The number of hydroxylamine groups is 1. The molecule has 0 aliphatic carbocycles. The van der Waals surface area contributed by atoms with Crippen LogP contribution in [-0.4, -0.2) is 59.3 Å². The summed E-state index contributed by atoms with van der Waals surface area (Å²) in [5.74, 6) is -2.36. The monoisotopic (exact) mass is 438 g/mol. The maximum absolute atomic E-state index is 13.0. The molecule has 2 aliphatic rings. The first-order chi connectivity index (χ1) is 14.8. The third kappa shape index (κ3) is 4.08. The first-order valence-corrected chi connectivity index (χ1v) is 9.67. The molecule has 4 rings (SSSR count). The summed E-state index contributed by atoms with van der Waals surface area (Å²) in [6.45, 7) is 2.39. The summed E-state index contributed by atoms with van der Waals surface area (Å²) >= 11 is 0. The SMILES string of the molecule is Cn1ncc2c(c1=O)N(Cc1ccccc1)C(N1CCNCC1)N2OC(=O)C(F)(F)F. The number of alkyl halides is 3. The molecule has 2 aliphatic heterocycles. The molecule has 12 heteroatoms. The van der Waals surface area contributed by atoms with Gasteiger partial charge >= 0.3 is 12.1 Å². The minimum atomic E-state index is -5.19. The lowest BCUT2D eigenvalue weighted by atomic mass is 10.2. The second-order valence-corrected chi connectivity index (χ2v) is 7.26. The highest BCUT2D eigenvalue weighted by atomic mass is 19.4. The zero-order chi connectivity index (χ0) is 22.2. The van der Waals surface area contributed by atoms with Crippen LogP contribution in [0.4, 0.5) is 24.5 Å². The van der Waals surface area contributed by atoms with Crippen LogP contribution in [0.5, 0.6) is 0 Å². The second-order valence-electron chi connectivity index (χ2n) is 7.26. The fourth-order valence-electron chi connectivity index (χ4n) is 3.75. The van der Waals surface area contributed by atoms with Crippen LogP contribution in [0.1, 0.15) is 5.56 Å². The van der Waals surface area contributed by atoms with Crippen LogP contribution in [0.25, 0.3) is 0 Å². The lowest BCUT2D eigenvalue weighted by molar-refractivity contribution is -0.203. The molecule has 0 saturated carbocycles. The molecule has 3 heterocycles. The zero-order valence-electron chi connectivity index (χ0n) is 16.7. The van der Waals surface area contributed by atoms with E-state index in [9.17, 15) is 22.8 Å². The van der Waals surface area contributed by atoms with E-state index >= 15 is 0 Å². The van der Waals surface area contributed by atoms with E-state index in [1.165, 1.54) is 13.2 Å². The molecule has 2 aromatic rings. The summed E-state index contributed by atoms with van der Waals surface area (Å²) in [6.07, 6.45) is -4.88. The highest BCUT2D eigenvalue weighted by Gasteiger charge is 2.49. The van der Waals surface area contributed by atoms with E-state index in [4.69, 9.17) is 4.84 Å². The van der Waals surface area contributed by atoms with Gasteiger partial charge in [0.05, 0.1) is 6.20 Å². The van der Waals surface area contributed by atoms with Crippen LogP contribution in [0.3, 0.4) is 0 Å². The maximum atomic E-state index is 13.0. The number of hydrogen-bond acceptors (Lipinski definition) is 8. The molecule has 1 atom stereocenters. The maximum Gasteiger partial charge on any atom is 0.493 e. The number of fused-ring (bicyclic) bond motifs is 1. The normalized spacial score (nSPS) is 19.4. The lowest BCUT2D eigenvalue weighted by Crippen LogP contribution is -2.60. The van der Waals surface area contributed by atoms with Crippen molar-refractivity contribution in [2.24, 2.45) is 7.05 Å². The summed E-state index contributed by atoms with van der Waals surface area (Å²) in [5.41, 5.74) is 0.482. The Balaban J connectivity index is 1.81. The smallest absolute Gasteiger partial charge is 0.329 e. The summed E-state index contributed by atoms with van der Waals surface area (Å²) in [5, 5.41) is 7.96. The van der Waals surface area contributed by atoms with E-state index in [2.05, 4.69) is 10.4 Å². The predicted octanol–water partition coefficient (Wildman–Crippen LogP) is 0.816. The number of carbonyl (C=O) groups is 1. The molecule has 0 spiro atoms. The van der Waals surface area contributed by atoms with Gasteiger partial charge in [0.15, 0.2) is 6.29 Å². The summed E-state index contributed by atoms with van der Waals surface area (Å²) in [7, 11) is 1.45. The van der Waals surface area contributed by atoms with Gasteiger partial charge in [-0.2, -0.15) is 23.3 Å². The number of halogens is 3. The summed E-state index contributed by atoms with van der Waals surface area (Å²) < 4.78 is 40.1. The first kappa shape index (κ1) is 21.1. The van der Waals surface area contributed by atoms with Gasteiger partial charge in [0, 0.05) is 39.8 Å². The zero-order valence-corrected chi connectivity index (χ0v) is 16.7. The van der Waals surface area contributed by atoms with Crippen LogP contribution in [-0.2, 0) is 23.2 Å². The molecule has 1 aromatic carbocycles. The van der Waals surface area contributed by atoms with Crippen molar-refractivity contribution >= 4 is 17.3 Å². The number of hydrogen-bond donors (Lipinski definition) is 1. The fourth-order valence-corrected chi connectivity index (χ4v) is 3.75. The molecular formula is C19H21F3N6O3. The average Bonchev–Trinajstić information content (AvgIpc) is 3.05. The van der Waals surface area contributed by atoms with Gasteiger partial charge in [0.2, 0.25) is 0 Å². The topological polar surface area (TPSA) is 82.9 Å². The average molecular weight is 438 g/mol. The van der Waals surface area contributed by atoms with Gasteiger partial charge in [0.1, 0.15) is 11.4 Å². The molecule has 0 amide bonds. The Labute approximate surface area is 175 Å². The third-order valence-electron chi connectivity index (χ3n) is 5.19. The van der Waals surface area contributed by atoms with Crippen molar-refractivity contribution in [1.29, 1.82) is 0 Å². The van der Waals surface area contributed by atoms with Gasteiger partial charge in [-0.15, -0.1) is 0 Å². The Morgan fingerprint density at radius 2 is 1.90 bits per heavy atom. The van der Waals surface area contributed by atoms with E-state index in [1.807, 2.05) is 35.2 Å². The minimum absolute atomic E-state index is 0.0140. The largest absolute Gasteiger partial charge is 0.493 e. The number of nitrogens with one attached hydrogen (secondary N) is 1. The Bertz CT molecular complexity index is 1010. The van der Waals surface area contributed by atoms with Gasteiger partial charge in [0.25, 0.3) is 5.56 Å². The van der Waals surface area contributed by atoms with Crippen molar-refractivity contribution in [2.45, 2.75) is 19.0 Å². The predicted molar refractivity (Wildman–Crippen MR) is 105 cm³/mol. The van der Waals surface area contributed by atoms with Gasteiger partial charge in [-0.1, -0.05) is 30.3 Å². The molecule has 1 aromatic heterocycles. The Morgan fingerprint density at radius 3 is 2.55 bits per heavy atom. The van der Waals surface area contributed by atoms with Crippen molar-refractivity contribution in [2.75, 3.05) is 36.1 Å². The van der Waals surface area contributed by atoms with Gasteiger partial charge < -0.3 is 15.1 Å². The van der Waals surface area contributed by atoms with Crippen molar-refractivity contribution in [3.8, 4) is 0 Å². The number of rotatable bonds is 4. The Kier molecular flexibility index (Phi) is 5.58. The molecule has 1 N–H and O–H groups in total. The molecule has 166 valence electrons. The van der Waals surface area contributed by atoms with Crippen LogP contribution < -0.4 is 20.8 Å². The minimum Gasteiger partial charge on any atom is -0.329 e. The van der Waals surface area contributed by atoms with Crippen LogP contribution >= 0.6 is 0 Å². The van der Waals surface area contributed by atoms with E-state index in [0.717, 1.165) is 15.3 Å². The first-order valence-electron chi connectivity index (χ1n) is 9.67. The van der Waals surface area contributed by atoms with Crippen molar-refractivity contribution in [3.05, 3.63) is 52.4 Å². The molecule has 0 bridgehead atoms. The fraction of sp³-hybridized carbons (Fsp3) is 0.421. The highest BCUT2D eigenvalue weighted by Crippen LogP contribution is 2.39. The van der Waals surface area contributed by atoms with Crippen molar-refractivity contribution in [1.82, 2.24) is 20.0 Å². The molecule has 9 nitrogen and oxygen atoms in total. The van der Waals surface area contributed by atoms with Gasteiger partial charge in [-0.25, -0.2) is 9.48 Å².